The van der Waals surface area contributed by atoms with Gasteiger partial charge in [-0.25, -0.2) is 5.43 Å². The van der Waals surface area contributed by atoms with Crippen LogP contribution in [0.2, 0.25) is 0 Å². The number of phenolic OH excluding ortho intramolecular Hbond substituents is 1. The van der Waals surface area contributed by atoms with Crippen LogP contribution in [-0.2, 0) is 9.59 Å². The lowest BCUT2D eigenvalue weighted by molar-refractivity contribution is -0.136. The Kier molecular flexibility index (Phi) is 5.09. The van der Waals surface area contributed by atoms with Crippen molar-refractivity contribution in [3.05, 3.63) is 59.2 Å². The zero-order valence-corrected chi connectivity index (χ0v) is 12.8. The number of phenols is 1. The first-order chi connectivity index (χ1) is 11.0. The molecule has 3 N–H and O–H groups in total. The molecule has 2 rings (SSSR count). The number of carbonyl (C=O) groups excluding carboxylic acids is 2. The summed E-state index contributed by atoms with van der Waals surface area (Å²) in [6, 6.07) is 11.6. The molecule has 0 aliphatic heterocycles. The van der Waals surface area contributed by atoms with Crippen molar-refractivity contribution in [2.45, 2.75) is 13.8 Å². The molecule has 0 radical (unpaired) electrons. The number of nitrogens with zero attached hydrogens (tertiary/aromatic N) is 1. The van der Waals surface area contributed by atoms with Crippen molar-refractivity contribution in [1.82, 2.24) is 5.43 Å². The molecule has 6 heteroatoms. The van der Waals surface area contributed by atoms with E-state index in [2.05, 4.69) is 15.8 Å². The normalized spacial score (nSPS) is 10.5. The molecular weight excluding hydrogens is 294 g/mol. The number of amides is 2. The van der Waals surface area contributed by atoms with E-state index in [9.17, 15) is 9.59 Å². The molecule has 23 heavy (non-hydrogen) atoms. The fraction of sp³-hybridized carbons (Fsp3) is 0.118. The molecule has 2 aromatic carbocycles. The first kappa shape index (κ1) is 16.2. The van der Waals surface area contributed by atoms with E-state index in [1.807, 2.05) is 19.9 Å². The highest BCUT2D eigenvalue weighted by molar-refractivity contribution is 6.39. The van der Waals surface area contributed by atoms with Crippen molar-refractivity contribution in [2.24, 2.45) is 5.10 Å². The summed E-state index contributed by atoms with van der Waals surface area (Å²) in [5.41, 5.74) is 5.50. The second-order valence-electron chi connectivity index (χ2n) is 5.04. The van der Waals surface area contributed by atoms with Crippen molar-refractivity contribution in [3.63, 3.8) is 0 Å². The fourth-order valence-electron chi connectivity index (χ4n) is 1.78. The predicted molar refractivity (Wildman–Crippen MR) is 88.4 cm³/mol. The molecule has 0 saturated carbocycles. The number of nitrogens with one attached hydrogen (secondary N) is 2. The standard InChI is InChI=1S/C17H17N3O3/c1-11-3-6-14(9-12(11)2)19-16(22)17(23)20-18-10-13-4-7-15(21)8-5-13/h3-10,21H,1-2H3,(H,19,22)(H,20,23)/b18-10+. The number of hydrazone groups is 1. The van der Waals surface area contributed by atoms with Crippen molar-refractivity contribution in [2.75, 3.05) is 5.32 Å². The SMILES string of the molecule is Cc1ccc(NC(=O)C(=O)N/N=C/c2ccc(O)cc2)cc1C. The number of aromatic hydroxyl groups is 1. The maximum absolute atomic E-state index is 11.8. The van der Waals surface area contributed by atoms with Crippen LogP contribution < -0.4 is 10.7 Å². The molecule has 0 aliphatic carbocycles. The highest BCUT2D eigenvalue weighted by Gasteiger charge is 2.12. The lowest BCUT2D eigenvalue weighted by atomic mass is 10.1. The molecule has 2 aromatic rings. The minimum atomic E-state index is -0.863. The van der Waals surface area contributed by atoms with Crippen molar-refractivity contribution in [3.8, 4) is 5.75 Å². The summed E-state index contributed by atoms with van der Waals surface area (Å²) in [5, 5.41) is 15.4. The lowest BCUT2D eigenvalue weighted by Gasteiger charge is -2.06. The molecule has 2 amide bonds. The van der Waals surface area contributed by atoms with Gasteiger partial charge in [0.1, 0.15) is 5.75 Å². The Morgan fingerprint density at radius 1 is 1.00 bits per heavy atom. The maximum Gasteiger partial charge on any atom is 0.329 e. The maximum atomic E-state index is 11.8. The molecule has 0 spiro atoms. The molecule has 0 unspecified atom stereocenters. The van der Waals surface area contributed by atoms with Gasteiger partial charge >= 0.3 is 11.8 Å². The molecule has 0 aliphatic rings. The van der Waals surface area contributed by atoms with E-state index in [1.165, 1.54) is 18.3 Å². The Morgan fingerprint density at radius 3 is 2.35 bits per heavy atom. The van der Waals surface area contributed by atoms with E-state index in [4.69, 9.17) is 5.11 Å². The summed E-state index contributed by atoms with van der Waals surface area (Å²) in [5.74, 6) is -1.52. The van der Waals surface area contributed by atoms with Gasteiger partial charge in [-0.3, -0.25) is 9.59 Å². The summed E-state index contributed by atoms with van der Waals surface area (Å²) < 4.78 is 0. The molecule has 0 atom stereocenters. The van der Waals surface area contributed by atoms with Gasteiger partial charge in [0, 0.05) is 5.69 Å². The van der Waals surface area contributed by atoms with Crippen LogP contribution >= 0.6 is 0 Å². The number of rotatable bonds is 3. The molecule has 6 nitrogen and oxygen atoms in total. The monoisotopic (exact) mass is 311 g/mol. The number of carbonyl (C=O) groups is 2. The number of benzene rings is 2. The largest absolute Gasteiger partial charge is 0.508 e. The van der Waals surface area contributed by atoms with Crippen LogP contribution in [0.5, 0.6) is 5.75 Å². The second-order valence-corrected chi connectivity index (χ2v) is 5.04. The third-order valence-electron chi connectivity index (χ3n) is 3.24. The van der Waals surface area contributed by atoms with Gasteiger partial charge in [0.15, 0.2) is 0 Å². The number of hydrogen-bond acceptors (Lipinski definition) is 4. The summed E-state index contributed by atoms with van der Waals surface area (Å²) >= 11 is 0. The highest BCUT2D eigenvalue weighted by atomic mass is 16.3. The Hall–Kier alpha value is -3.15. The van der Waals surface area contributed by atoms with Gasteiger partial charge in [-0.2, -0.15) is 5.10 Å². The topological polar surface area (TPSA) is 90.8 Å². The van der Waals surface area contributed by atoms with Crippen molar-refractivity contribution >= 4 is 23.7 Å². The molecular formula is C17H17N3O3. The first-order valence-corrected chi connectivity index (χ1v) is 6.96. The van der Waals surface area contributed by atoms with Crippen LogP contribution in [-0.4, -0.2) is 23.1 Å². The molecule has 0 heterocycles. The van der Waals surface area contributed by atoms with Crippen LogP contribution in [0, 0.1) is 13.8 Å². The van der Waals surface area contributed by atoms with Crippen LogP contribution in [0.1, 0.15) is 16.7 Å². The first-order valence-electron chi connectivity index (χ1n) is 6.96. The molecule has 0 fully saturated rings. The molecule has 118 valence electrons. The van der Waals surface area contributed by atoms with Crippen molar-refractivity contribution < 1.29 is 14.7 Å². The Bertz CT molecular complexity index is 752. The Balaban J connectivity index is 1.90. The Labute approximate surface area is 133 Å². The van der Waals surface area contributed by atoms with E-state index in [1.54, 1.807) is 24.3 Å². The summed E-state index contributed by atoms with van der Waals surface area (Å²) in [6.07, 6.45) is 1.38. The van der Waals surface area contributed by atoms with E-state index < -0.39 is 11.8 Å². The summed E-state index contributed by atoms with van der Waals surface area (Å²) in [4.78, 5) is 23.4. The van der Waals surface area contributed by atoms with Gasteiger partial charge in [0.05, 0.1) is 6.21 Å². The van der Waals surface area contributed by atoms with E-state index in [-0.39, 0.29) is 5.75 Å². The van der Waals surface area contributed by atoms with Gasteiger partial charge in [-0.1, -0.05) is 6.07 Å². The average Bonchev–Trinajstić information content (AvgIpc) is 2.52. The average molecular weight is 311 g/mol. The third-order valence-corrected chi connectivity index (χ3v) is 3.24. The summed E-state index contributed by atoms with van der Waals surface area (Å²) in [7, 11) is 0. The number of hydrogen-bond donors (Lipinski definition) is 3. The zero-order chi connectivity index (χ0) is 16.8. The smallest absolute Gasteiger partial charge is 0.329 e. The van der Waals surface area contributed by atoms with Crippen LogP contribution in [0.4, 0.5) is 5.69 Å². The van der Waals surface area contributed by atoms with Gasteiger partial charge in [0.25, 0.3) is 0 Å². The van der Waals surface area contributed by atoms with Crippen LogP contribution in [0.3, 0.4) is 0 Å². The molecule has 0 bridgehead atoms. The van der Waals surface area contributed by atoms with Gasteiger partial charge in [0.2, 0.25) is 0 Å². The zero-order valence-electron chi connectivity index (χ0n) is 12.8. The van der Waals surface area contributed by atoms with Crippen LogP contribution in [0.25, 0.3) is 0 Å². The molecule has 0 aromatic heterocycles. The summed E-state index contributed by atoms with van der Waals surface area (Å²) in [6.45, 7) is 3.89. The van der Waals surface area contributed by atoms with Gasteiger partial charge in [-0.05, 0) is 66.9 Å². The quantitative estimate of drug-likeness (QED) is 0.460. The fourth-order valence-corrected chi connectivity index (χ4v) is 1.78. The second kappa shape index (κ2) is 7.22. The molecule has 0 saturated heterocycles. The van der Waals surface area contributed by atoms with E-state index >= 15 is 0 Å². The Morgan fingerprint density at radius 2 is 1.70 bits per heavy atom. The number of anilines is 1. The van der Waals surface area contributed by atoms with E-state index in [0.717, 1.165) is 11.1 Å². The minimum Gasteiger partial charge on any atom is -0.508 e. The minimum absolute atomic E-state index is 0.138. The van der Waals surface area contributed by atoms with Gasteiger partial charge < -0.3 is 10.4 Å². The van der Waals surface area contributed by atoms with Crippen LogP contribution in [0.15, 0.2) is 47.6 Å². The predicted octanol–water partition coefficient (Wildman–Crippen LogP) is 2.10. The van der Waals surface area contributed by atoms with Gasteiger partial charge in [-0.15, -0.1) is 0 Å². The third kappa shape index (κ3) is 4.67. The lowest BCUT2D eigenvalue weighted by Crippen LogP contribution is -2.32. The van der Waals surface area contributed by atoms with Crippen molar-refractivity contribution in [1.29, 1.82) is 0 Å². The highest BCUT2D eigenvalue weighted by Crippen LogP contribution is 2.13. The van der Waals surface area contributed by atoms with E-state index in [0.29, 0.717) is 11.3 Å². The number of aryl methyl sites for hydroxylation is 2.